The Balaban J connectivity index is 1.62. The van der Waals surface area contributed by atoms with Gasteiger partial charge in [0, 0.05) is 12.2 Å². The summed E-state index contributed by atoms with van der Waals surface area (Å²) in [7, 11) is 0. The number of nitrogens with one attached hydrogen (secondary N) is 1. The third-order valence-corrected chi connectivity index (χ3v) is 5.72. The lowest BCUT2D eigenvalue weighted by atomic mass is 10.2. The zero-order valence-electron chi connectivity index (χ0n) is 14.6. The number of hydrogen-bond donors (Lipinski definition) is 1. The third-order valence-electron chi connectivity index (χ3n) is 4.36. The fourth-order valence-electron chi connectivity index (χ4n) is 2.79. The number of thioether (sulfide) groups is 1. The van der Waals surface area contributed by atoms with Gasteiger partial charge in [-0.2, -0.15) is 0 Å². The molecule has 1 aliphatic rings. The number of amides is 1. The Morgan fingerprint density at radius 1 is 1.30 bits per heavy atom. The summed E-state index contributed by atoms with van der Waals surface area (Å²) in [5, 5.41) is 3.73. The number of para-hydroxylation sites is 1. The highest BCUT2D eigenvalue weighted by Gasteiger charge is 2.30. The number of carbonyl (C=O) groups is 1. The minimum atomic E-state index is -0.459. The largest absolute Gasteiger partial charge is 0.322 e. The normalized spacial score (nSPS) is 14.9. The molecule has 0 spiro atoms. The number of benzene rings is 1. The van der Waals surface area contributed by atoms with E-state index in [0.29, 0.717) is 21.7 Å². The van der Waals surface area contributed by atoms with E-state index in [4.69, 9.17) is 11.6 Å². The minimum absolute atomic E-state index is 0.0477. The predicted octanol–water partition coefficient (Wildman–Crippen LogP) is 3.90. The summed E-state index contributed by atoms with van der Waals surface area (Å²) in [6.45, 7) is 1.78. The van der Waals surface area contributed by atoms with Crippen molar-refractivity contribution in [1.82, 2.24) is 14.5 Å². The first-order valence-corrected chi connectivity index (χ1v) is 9.89. The number of fused-ring (bicyclic) bond motifs is 1. The summed E-state index contributed by atoms with van der Waals surface area (Å²) in [6, 6.07) is 10.9. The zero-order valence-corrected chi connectivity index (χ0v) is 16.1. The van der Waals surface area contributed by atoms with Gasteiger partial charge in [0.15, 0.2) is 10.3 Å². The first kappa shape index (κ1) is 18.0. The molecular weight excluding hydrogens is 384 g/mol. The summed E-state index contributed by atoms with van der Waals surface area (Å²) < 4.78 is 1.73. The quantitative estimate of drug-likeness (QED) is 0.399. The lowest BCUT2D eigenvalue weighted by Gasteiger charge is -2.16. The molecule has 1 aromatic carbocycles. The van der Waals surface area contributed by atoms with Crippen molar-refractivity contribution in [3.63, 3.8) is 0 Å². The third kappa shape index (κ3) is 3.70. The number of carbonyl (C=O) groups excluding carboxylic acids is 1. The molecule has 1 fully saturated rings. The summed E-state index contributed by atoms with van der Waals surface area (Å²) >= 11 is 7.28. The van der Waals surface area contributed by atoms with Crippen molar-refractivity contribution < 1.29 is 4.79 Å². The second-order valence-corrected chi connectivity index (χ2v) is 8.07. The molecule has 0 aliphatic heterocycles. The van der Waals surface area contributed by atoms with E-state index in [2.05, 4.69) is 15.3 Å². The molecule has 2 aromatic heterocycles. The van der Waals surface area contributed by atoms with Crippen LogP contribution in [0.15, 0.2) is 52.5 Å². The van der Waals surface area contributed by atoms with Gasteiger partial charge in [-0.3, -0.25) is 14.2 Å². The van der Waals surface area contributed by atoms with Gasteiger partial charge in [0.05, 0.1) is 21.8 Å². The number of pyridine rings is 1. The van der Waals surface area contributed by atoms with Gasteiger partial charge in [-0.15, -0.1) is 0 Å². The molecule has 2 heterocycles. The zero-order chi connectivity index (χ0) is 19.0. The number of nitrogens with zero attached hydrogens (tertiary/aromatic N) is 3. The molecule has 27 heavy (non-hydrogen) atoms. The van der Waals surface area contributed by atoms with Crippen LogP contribution < -0.4 is 10.9 Å². The Bertz CT molecular complexity index is 1080. The summed E-state index contributed by atoms with van der Waals surface area (Å²) in [5.41, 5.74) is 1.06. The van der Waals surface area contributed by atoms with Crippen LogP contribution in [0.3, 0.4) is 0 Å². The highest BCUT2D eigenvalue weighted by molar-refractivity contribution is 8.00. The van der Waals surface area contributed by atoms with Gasteiger partial charge >= 0.3 is 0 Å². The Morgan fingerprint density at radius 2 is 2.07 bits per heavy atom. The van der Waals surface area contributed by atoms with E-state index in [-0.39, 0.29) is 22.7 Å². The molecule has 0 bridgehead atoms. The van der Waals surface area contributed by atoms with Gasteiger partial charge in [-0.05, 0) is 44.0 Å². The van der Waals surface area contributed by atoms with E-state index < -0.39 is 5.25 Å². The molecule has 0 saturated heterocycles. The van der Waals surface area contributed by atoms with Crippen molar-refractivity contribution in [1.29, 1.82) is 0 Å². The van der Waals surface area contributed by atoms with Crippen molar-refractivity contribution in [3.8, 4) is 0 Å². The van der Waals surface area contributed by atoms with Crippen LogP contribution in [0, 0.1) is 0 Å². The molecular formula is C19H17ClN4O2S. The fourth-order valence-corrected chi connectivity index (χ4v) is 3.93. The second kappa shape index (κ2) is 7.32. The van der Waals surface area contributed by atoms with Crippen LogP contribution in [0.1, 0.15) is 25.8 Å². The van der Waals surface area contributed by atoms with Gasteiger partial charge in [-0.25, -0.2) is 9.97 Å². The first-order valence-electron chi connectivity index (χ1n) is 8.64. The second-order valence-electron chi connectivity index (χ2n) is 6.41. The maximum absolute atomic E-state index is 12.9. The van der Waals surface area contributed by atoms with Gasteiger partial charge in [-0.1, -0.05) is 35.5 Å². The standard InChI is InChI=1S/C19H17ClN4O2S/c1-11(17(25)22-15-7-4-10-21-16(15)20)27-19-23-14-6-3-2-5-13(14)18(26)24(19)12-8-9-12/h2-7,10-12H,8-9H2,1H3,(H,22,25). The van der Waals surface area contributed by atoms with Gasteiger partial charge in [0.25, 0.3) is 5.56 Å². The van der Waals surface area contributed by atoms with Crippen LogP contribution in [-0.2, 0) is 4.79 Å². The smallest absolute Gasteiger partial charge is 0.262 e. The molecule has 1 amide bonds. The SMILES string of the molecule is CC(Sc1nc2ccccc2c(=O)n1C1CC1)C(=O)Nc1cccnc1Cl. The maximum atomic E-state index is 12.9. The number of hydrogen-bond acceptors (Lipinski definition) is 5. The molecule has 0 radical (unpaired) electrons. The molecule has 6 nitrogen and oxygen atoms in total. The van der Waals surface area contributed by atoms with Gasteiger partial charge in [0.2, 0.25) is 5.91 Å². The van der Waals surface area contributed by atoms with Crippen LogP contribution in [-0.4, -0.2) is 25.7 Å². The van der Waals surface area contributed by atoms with Crippen LogP contribution in [0.4, 0.5) is 5.69 Å². The van der Waals surface area contributed by atoms with E-state index in [0.717, 1.165) is 12.8 Å². The Morgan fingerprint density at radius 3 is 2.81 bits per heavy atom. The molecule has 1 atom stereocenters. The lowest BCUT2D eigenvalue weighted by Crippen LogP contribution is -2.26. The molecule has 138 valence electrons. The van der Waals surface area contributed by atoms with Crippen molar-refractivity contribution >= 4 is 45.9 Å². The van der Waals surface area contributed by atoms with E-state index >= 15 is 0 Å². The first-order chi connectivity index (χ1) is 13.0. The average Bonchev–Trinajstić information content (AvgIpc) is 3.48. The van der Waals surface area contributed by atoms with E-state index in [1.165, 1.54) is 11.8 Å². The monoisotopic (exact) mass is 400 g/mol. The predicted molar refractivity (Wildman–Crippen MR) is 107 cm³/mol. The molecule has 8 heteroatoms. The van der Waals surface area contributed by atoms with Gasteiger partial charge < -0.3 is 5.32 Å². The summed E-state index contributed by atoms with van der Waals surface area (Å²) in [6.07, 6.45) is 3.47. The van der Waals surface area contributed by atoms with Crippen LogP contribution >= 0.6 is 23.4 Å². The molecule has 1 aliphatic carbocycles. The van der Waals surface area contributed by atoms with Crippen LogP contribution in [0.5, 0.6) is 0 Å². The van der Waals surface area contributed by atoms with E-state index in [1.54, 1.807) is 35.9 Å². The minimum Gasteiger partial charge on any atom is -0.322 e. The molecule has 1 unspecified atom stereocenters. The van der Waals surface area contributed by atoms with Crippen LogP contribution in [0.25, 0.3) is 10.9 Å². The van der Waals surface area contributed by atoms with Gasteiger partial charge in [0.1, 0.15) is 0 Å². The maximum Gasteiger partial charge on any atom is 0.262 e. The van der Waals surface area contributed by atoms with E-state index in [1.807, 2.05) is 18.2 Å². The summed E-state index contributed by atoms with van der Waals surface area (Å²) in [5.74, 6) is -0.223. The molecule has 1 saturated carbocycles. The van der Waals surface area contributed by atoms with Crippen molar-refractivity contribution in [2.24, 2.45) is 0 Å². The Kier molecular flexibility index (Phi) is 4.88. The van der Waals surface area contributed by atoms with Crippen molar-refractivity contribution in [2.45, 2.75) is 36.2 Å². The Hall–Kier alpha value is -2.38. The average molecular weight is 401 g/mol. The van der Waals surface area contributed by atoms with Crippen LogP contribution in [0.2, 0.25) is 5.15 Å². The molecule has 3 aromatic rings. The fraction of sp³-hybridized carbons (Fsp3) is 0.263. The lowest BCUT2D eigenvalue weighted by molar-refractivity contribution is -0.115. The van der Waals surface area contributed by atoms with Crippen molar-refractivity contribution in [2.75, 3.05) is 5.32 Å². The number of rotatable bonds is 5. The number of anilines is 1. The number of aromatic nitrogens is 3. The topological polar surface area (TPSA) is 76.9 Å². The highest BCUT2D eigenvalue weighted by atomic mass is 35.5. The number of halogens is 1. The highest BCUT2D eigenvalue weighted by Crippen LogP contribution is 2.37. The molecule has 4 rings (SSSR count). The summed E-state index contributed by atoms with van der Waals surface area (Å²) in [4.78, 5) is 34.1. The Labute approximate surface area is 165 Å². The molecule has 1 N–H and O–H groups in total. The van der Waals surface area contributed by atoms with Crippen molar-refractivity contribution in [3.05, 3.63) is 58.1 Å². The van der Waals surface area contributed by atoms with E-state index in [9.17, 15) is 9.59 Å².